The fourth-order valence-electron chi connectivity index (χ4n) is 3.77. The maximum Gasteiger partial charge on any atom is 0.128 e. The lowest BCUT2D eigenvalue weighted by atomic mass is 9.97. The molecular weight excluding hydrogens is 374 g/mol. The maximum atomic E-state index is 6.52. The summed E-state index contributed by atoms with van der Waals surface area (Å²) >= 11 is 6.52. The number of aryl methyl sites for hydroxylation is 1. The van der Waals surface area contributed by atoms with Crippen molar-refractivity contribution in [1.82, 2.24) is 15.2 Å². The molecule has 0 bridgehead atoms. The van der Waals surface area contributed by atoms with Gasteiger partial charge in [-0.1, -0.05) is 29.8 Å². The number of anilines is 1. The van der Waals surface area contributed by atoms with Gasteiger partial charge in [-0.25, -0.2) is 9.98 Å². The molecule has 1 fully saturated rings. The van der Waals surface area contributed by atoms with E-state index in [2.05, 4.69) is 21.2 Å². The minimum absolute atomic E-state index is 0.675. The number of benzene rings is 1. The van der Waals surface area contributed by atoms with Gasteiger partial charge < -0.3 is 9.64 Å². The van der Waals surface area contributed by atoms with Crippen LogP contribution in [-0.2, 0) is 11.2 Å². The van der Waals surface area contributed by atoms with Crippen LogP contribution in [-0.4, -0.2) is 47.2 Å². The smallest absolute Gasteiger partial charge is 0.128 e. The lowest BCUT2D eigenvalue weighted by Crippen LogP contribution is -2.36. The van der Waals surface area contributed by atoms with Crippen molar-refractivity contribution in [1.29, 1.82) is 0 Å². The summed E-state index contributed by atoms with van der Waals surface area (Å²) in [7, 11) is 0. The second-order valence-corrected chi connectivity index (χ2v) is 7.47. The van der Waals surface area contributed by atoms with Crippen LogP contribution in [0.15, 0.2) is 41.5 Å². The normalized spacial score (nSPS) is 16.2. The Morgan fingerprint density at radius 3 is 2.79 bits per heavy atom. The van der Waals surface area contributed by atoms with Gasteiger partial charge in [0, 0.05) is 41.9 Å². The number of aromatic nitrogens is 3. The Kier molecular flexibility index (Phi) is 4.37. The third-order valence-corrected chi connectivity index (χ3v) is 5.59. The summed E-state index contributed by atoms with van der Waals surface area (Å²) in [5, 5.41) is 8.23. The number of fused-ring (bicyclic) bond motifs is 2. The first-order valence-electron chi connectivity index (χ1n) is 9.40. The van der Waals surface area contributed by atoms with Crippen LogP contribution in [0.3, 0.4) is 0 Å². The monoisotopic (exact) mass is 393 g/mol. The highest BCUT2D eigenvalue weighted by molar-refractivity contribution is 6.35. The Bertz CT molecular complexity index is 1070. The van der Waals surface area contributed by atoms with Gasteiger partial charge in [0.25, 0.3) is 0 Å². The average molecular weight is 394 g/mol. The molecule has 1 aromatic carbocycles. The number of nitrogens with one attached hydrogen (secondary N) is 1. The minimum Gasteiger partial charge on any atom is -0.378 e. The number of aliphatic imine (C=N–C) groups is 1. The summed E-state index contributed by atoms with van der Waals surface area (Å²) in [6.07, 6.45) is 2.62. The van der Waals surface area contributed by atoms with Crippen molar-refractivity contribution >= 4 is 28.8 Å². The molecular formula is C21H20ClN5O. The summed E-state index contributed by atoms with van der Waals surface area (Å²) < 4.78 is 5.47. The largest absolute Gasteiger partial charge is 0.378 e. The van der Waals surface area contributed by atoms with Crippen LogP contribution in [0.5, 0.6) is 0 Å². The van der Waals surface area contributed by atoms with E-state index in [4.69, 9.17) is 26.3 Å². The molecule has 0 radical (unpaired) electrons. The van der Waals surface area contributed by atoms with E-state index in [1.165, 1.54) is 0 Å². The van der Waals surface area contributed by atoms with Crippen molar-refractivity contribution in [2.45, 2.75) is 13.3 Å². The first-order valence-corrected chi connectivity index (χ1v) is 9.78. The van der Waals surface area contributed by atoms with E-state index in [-0.39, 0.29) is 0 Å². The highest BCUT2D eigenvalue weighted by Gasteiger charge is 2.24. The van der Waals surface area contributed by atoms with E-state index in [9.17, 15) is 0 Å². The first kappa shape index (κ1) is 17.4. The minimum atomic E-state index is 0.675. The molecule has 0 aliphatic carbocycles. The second kappa shape index (κ2) is 7.04. The molecule has 28 heavy (non-hydrogen) atoms. The zero-order valence-corrected chi connectivity index (χ0v) is 16.3. The number of hydrogen-bond acceptors (Lipinski definition) is 5. The van der Waals surface area contributed by atoms with Crippen molar-refractivity contribution < 1.29 is 4.74 Å². The van der Waals surface area contributed by atoms with Crippen LogP contribution < -0.4 is 4.90 Å². The van der Waals surface area contributed by atoms with Gasteiger partial charge in [-0.3, -0.25) is 5.10 Å². The Labute approximate surface area is 168 Å². The number of nitrogens with zero attached hydrogens (tertiary/aromatic N) is 4. The fraction of sp³-hybridized carbons (Fsp3) is 0.286. The topological polar surface area (TPSA) is 66.4 Å². The van der Waals surface area contributed by atoms with Crippen LogP contribution in [0, 0.1) is 6.92 Å². The molecule has 1 saturated heterocycles. The first-order chi connectivity index (χ1) is 13.7. The number of rotatable bonds is 2. The van der Waals surface area contributed by atoms with Crippen LogP contribution in [0.4, 0.5) is 11.5 Å². The van der Waals surface area contributed by atoms with E-state index >= 15 is 0 Å². The van der Waals surface area contributed by atoms with Crippen molar-refractivity contribution in [3.05, 3.63) is 69.6 Å². The quantitative estimate of drug-likeness (QED) is 0.564. The summed E-state index contributed by atoms with van der Waals surface area (Å²) in [4.78, 5) is 12.0. The number of hydrogen-bond donors (Lipinski definition) is 1. The molecule has 2 aliphatic rings. The summed E-state index contributed by atoms with van der Waals surface area (Å²) in [6, 6.07) is 9.96. The van der Waals surface area contributed by atoms with Crippen LogP contribution in [0.25, 0.3) is 0 Å². The molecule has 0 atom stereocenters. The third kappa shape index (κ3) is 2.99. The SMILES string of the molecule is Cc1[nH]nc2c1N=C(c1ccccc1Cl)c1cnc(N3CCOCC3)cc1C2. The number of pyridine rings is 1. The predicted octanol–water partition coefficient (Wildman–Crippen LogP) is 3.68. The van der Waals surface area contributed by atoms with Gasteiger partial charge in [-0.2, -0.15) is 5.10 Å². The second-order valence-electron chi connectivity index (χ2n) is 7.06. The molecule has 7 heteroatoms. The zero-order chi connectivity index (χ0) is 19.1. The van der Waals surface area contributed by atoms with E-state index in [1.807, 2.05) is 37.4 Å². The number of ether oxygens (including phenoxy) is 1. The van der Waals surface area contributed by atoms with E-state index in [0.717, 1.165) is 71.6 Å². The number of morpholine rings is 1. The molecule has 0 spiro atoms. The molecule has 1 N–H and O–H groups in total. The molecule has 4 heterocycles. The van der Waals surface area contributed by atoms with E-state index in [1.54, 1.807) is 0 Å². The molecule has 2 aromatic heterocycles. The molecule has 6 nitrogen and oxygen atoms in total. The van der Waals surface area contributed by atoms with Gasteiger partial charge in [-0.15, -0.1) is 0 Å². The number of H-pyrrole nitrogens is 1. The van der Waals surface area contributed by atoms with Crippen molar-refractivity contribution in [3.8, 4) is 0 Å². The highest BCUT2D eigenvalue weighted by Crippen LogP contribution is 2.34. The average Bonchev–Trinajstić information content (AvgIpc) is 2.98. The maximum absolute atomic E-state index is 6.52. The van der Waals surface area contributed by atoms with Crippen molar-refractivity contribution in [3.63, 3.8) is 0 Å². The van der Waals surface area contributed by atoms with Crippen LogP contribution in [0.1, 0.15) is 28.1 Å². The number of aromatic amines is 1. The molecule has 0 unspecified atom stereocenters. The fourth-order valence-corrected chi connectivity index (χ4v) is 3.99. The van der Waals surface area contributed by atoms with Crippen molar-refractivity contribution in [2.24, 2.45) is 4.99 Å². The highest BCUT2D eigenvalue weighted by atomic mass is 35.5. The van der Waals surface area contributed by atoms with Gasteiger partial charge >= 0.3 is 0 Å². The Morgan fingerprint density at radius 1 is 1.14 bits per heavy atom. The lowest BCUT2D eigenvalue weighted by Gasteiger charge is -2.28. The van der Waals surface area contributed by atoms with Crippen molar-refractivity contribution in [2.75, 3.05) is 31.2 Å². The van der Waals surface area contributed by atoms with Gasteiger partial charge in [0.15, 0.2) is 0 Å². The molecule has 0 saturated carbocycles. The number of halogens is 1. The van der Waals surface area contributed by atoms with Crippen LogP contribution in [0.2, 0.25) is 5.02 Å². The molecule has 142 valence electrons. The molecule has 2 aliphatic heterocycles. The van der Waals surface area contributed by atoms with Gasteiger partial charge in [0.1, 0.15) is 11.5 Å². The van der Waals surface area contributed by atoms with E-state index in [0.29, 0.717) is 11.4 Å². The summed E-state index contributed by atoms with van der Waals surface area (Å²) in [5.41, 5.74) is 6.68. The molecule has 0 amide bonds. The third-order valence-electron chi connectivity index (χ3n) is 5.26. The van der Waals surface area contributed by atoms with E-state index < -0.39 is 0 Å². The predicted molar refractivity (Wildman–Crippen MR) is 110 cm³/mol. The Balaban J connectivity index is 1.68. The summed E-state index contributed by atoms with van der Waals surface area (Å²) in [5.74, 6) is 0.969. The molecule has 3 aromatic rings. The lowest BCUT2D eigenvalue weighted by molar-refractivity contribution is 0.122. The Morgan fingerprint density at radius 2 is 1.96 bits per heavy atom. The standard InChI is InChI=1S/C21H20ClN5O/c1-13-20-18(26-25-13)10-14-11-19(27-6-8-28-9-7-27)23-12-16(14)21(24-20)15-4-2-3-5-17(15)22/h2-5,11-12H,6-10H2,1H3,(H,25,26). The van der Waals surface area contributed by atoms with Gasteiger partial charge in [-0.05, 0) is 24.6 Å². The van der Waals surface area contributed by atoms with Gasteiger partial charge in [0.05, 0.1) is 30.3 Å². The Hall–Kier alpha value is -2.70. The summed E-state index contributed by atoms with van der Waals surface area (Å²) in [6.45, 7) is 5.16. The van der Waals surface area contributed by atoms with Gasteiger partial charge in [0.2, 0.25) is 0 Å². The van der Waals surface area contributed by atoms with Crippen LogP contribution >= 0.6 is 11.6 Å². The molecule has 5 rings (SSSR count). The zero-order valence-electron chi connectivity index (χ0n) is 15.6.